The number of nitrogens with one attached hydrogen (secondary N) is 1. The van der Waals surface area contributed by atoms with Gasteiger partial charge >= 0.3 is 0 Å². The molecule has 2 N–H and O–H groups in total. The Kier molecular flexibility index (Phi) is 5.84. The number of hydrogen-bond donors (Lipinski definition) is 2. The fourth-order valence-electron chi connectivity index (χ4n) is 2.22. The highest BCUT2D eigenvalue weighted by Crippen LogP contribution is 2.35. The van der Waals surface area contributed by atoms with Crippen LogP contribution in [0.1, 0.15) is 16.7 Å². The highest BCUT2D eigenvalue weighted by Gasteiger charge is 2.13. The maximum absolute atomic E-state index is 12.4. The normalized spacial score (nSPS) is 10.9. The van der Waals surface area contributed by atoms with Crippen LogP contribution in [0.15, 0.2) is 40.4 Å². The van der Waals surface area contributed by atoms with Gasteiger partial charge in [0, 0.05) is 5.69 Å². The summed E-state index contributed by atoms with van der Waals surface area (Å²) in [6.45, 7) is 3.86. The van der Waals surface area contributed by atoms with E-state index in [9.17, 15) is 15.2 Å². The first-order chi connectivity index (χ1) is 11.9. The molecule has 0 saturated heterocycles. The number of nitrogens with zero attached hydrogens (tertiary/aromatic N) is 1. The Morgan fingerprint density at radius 2 is 2.08 bits per heavy atom. The molecule has 6 heteroatoms. The molecule has 2 aromatic rings. The van der Waals surface area contributed by atoms with Gasteiger partial charge in [-0.1, -0.05) is 12.1 Å². The van der Waals surface area contributed by atoms with Gasteiger partial charge in [0.25, 0.3) is 5.91 Å². The maximum Gasteiger partial charge on any atom is 0.266 e. The summed E-state index contributed by atoms with van der Waals surface area (Å²) in [5.74, 6) is -0.301. The first kappa shape index (κ1) is 18.6. The van der Waals surface area contributed by atoms with Crippen LogP contribution >= 0.6 is 15.9 Å². The van der Waals surface area contributed by atoms with Crippen LogP contribution < -0.4 is 10.1 Å². The predicted octanol–water partition coefficient (Wildman–Crippen LogP) is 4.33. The molecule has 0 spiro atoms. The minimum Gasteiger partial charge on any atom is -0.503 e. The second-order valence-electron chi connectivity index (χ2n) is 5.43. The third-order valence-electron chi connectivity index (χ3n) is 3.80. The second-order valence-corrected chi connectivity index (χ2v) is 6.28. The van der Waals surface area contributed by atoms with E-state index in [1.807, 2.05) is 32.0 Å². The van der Waals surface area contributed by atoms with Gasteiger partial charge in [0.1, 0.15) is 11.6 Å². The molecule has 2 aromatic carbocycles. The summed E-state index contributed by atoms with van der Waals surface area (Å²) in [5, 5.41) is 21.9. The average molecular weight is 401 g/mol. The third kappa shape index (κ3) is 4.20. The van der Waals surface area contributed by atoms with Gasteiger partial charge in [0.15, 0.2) is 11.5 Å². The van der Waals surface area contributed by atoms with Gasteiger partial charge in [-0.2, -0.15) is 5.26 Å². The number of hydrogen-bond acceptors (Lipinski definition) is 4. The summed E-state index contributed by atoms with van der Waals surface area (Å²) in [4.78, 5) is 12.4. The molecule has 0 saturated carbocycles. The van der Waals surface area contributed by atoms with E-state index in [0.717, 1.165) is 11.1 Å². The molecule has 128 valence electrons. The number of phenols is 1. The molecule has 0 aliphatic heterocycles. The molecule has 0 fully saturated rings. The van der Waals surface area contributed by atoms with Crippen molar-refractivity contribution in [1.29, 1.82) is 5.26 Å². The van der Waals surface area contributed by atoms with Crippen LogP contribution in [0.2, 0.25) is 0 Å². The number of amides is 1. The zero-order chi connectivity index (χ0) is 18.6. The Morgan fingerprint density at radius 3 is 2.72 bits per heavy atom. The van der Waals surface area contributed by atoms with Crippen molar-refractivity contribution >= 4 is 33.6 Å². The quantitative estimate of drug-likeness (QED) is 0.590. The van der Waals surface area contributed by atoms with Gasteiger partial charge in [-0.05, 0) is 70.7 Å². The lowest BCUT2D eigenvalue weighted by Gasteiger charge is -2.10. The van der Waals surface area contributed by atoms with E-state index in [4.69, 9.17) is 4.74 Å². The van der Waals surface area contributed by atoms with Crippen LogP contribution in [0, 0.1) is 25.2 Å². The number of methoxy groups -OCH3 is 1. The molecule has 0 aliphatic carbocycles. The molecular weight excluding hydrogens is 384 g/mol. The van der Waals surface area contributed by atoms with E-state index < -0.39 is 5.91 Å². The number of anilines is 1. The number of phenolic OH excluding ortho intramolecular Hbond substituents is 1. The Hall–Kier alpha value is -2.78. The van der Waals surface area contributed by atoms with Gasteiger partial charge in [0.2, 0.25) is 0 Å². The van der Waals surface area contributed by atoms with Crippen molar-refractivity contribution in [2.75, 3.05) is 12.4 Å². The van der Waals surface area contributed by atoms with Crippen LogP contribution in [-0.4, -0.2) is 18.1 Å². The lowest BCUT2D eigenvalue weighted by Crippen LogP contribution is -2.14. The number of ether oxygens (including phenoxy) is 1. The van der Waals surface area contributed by atoms with Crippen LogP contribution in [0.4, 0.5) is 5.69 Å². The summed E-state index contributed by atoms with van der Waals surface area (Å²) >= 11 is 3.22. The van der Waals surface area contributed by atoms with Crippen LogP contribution in [0.5, 0.6) is 11.5 Å². The maximum atomic E-state index is 12.4. The van der Waals surface area contributed by atoms with Gasteiger partial charge in [-0.25, -0.2) is 0 Å². The number of nitriles is 1. The second kappa shape index (κ2) is 7.86. The van der Waals surface area contributed by atoms with Crippen molar-refractivity contribution in [2.45, 2.75) is 13.8 Å². The van der Waals surface area contributed by atoms with Crippen molar-refractivity contribution in [3.05, 3.63) is 57.1 Å². The van der Waals surface area contributed by atoms with E-state index in [1.54, 1.807) is 18.2 Å². The van der Waals surface area contributed by atoms with E-state index in [1.165, 1.54) is 13.2 Å². The predicted molar refractivity (Wildman–Crippen MR) is 100 cm³/mol. The Bertz CT molecular complexity index is 898. The standard InChI is InChI=1S/C19H17BrN2O3/c1-11-5-4-6-16(12(11)2)22-19(24)14(10-21)7-13-8-15(20)18(23)17(9-13)25-3/h4-9,23H,1-3H3,(H,22,24)/b14-7-. The fourth-order valence-corrected chi connectivity index (χ4v) is 2.68. The largest absolute Gasteiger partial charge is 0.503 e. The molecule has 0 unspecified atom stereocenters. The topological polar surface area (TPSA) is 82.3 Å². The fraction of sp³-hybridized carbons (Fsp3) is 0.158. The average Bonchev–Trinajstić information content (AvgIpc) is 2.59. The third-order valence-corrected chi connectivity index (χ3v) is 4.40. The number of aryl methyl sites for hydroxylation is 1. The van der Waals surface area contributed by atoms with E-state index in [2.05, 4.69) is 21.2 Å². The van der Waals surface area contributed by atoms with Gasteiger partial charge in [-0.15, -0.1) is 0 Å². The smallest absolute Gasteiger partial charge is 0.266 e. The molecule has 0 heterocycles. The highest BCUT2D eigenvalue weighted by molar-refractivity contribution is 9.10. The lowest BCUT2D eigenvalue weighted by molar-refractivity contribution is -0.112. The van der Waals surface area contributed by atoms with Crippen molar-refractivity contribution in [3.63, 3.8) is 0 Å². The molecular formula is C19H17BrN2O3. The minimum absolute atomic E-state index is 0.0435. The molecule has 25 heavy (non-hydrogen) atoms. The SMILES string of the molecule is COc1cc(/C=C(/C#N)C(=O)Nc2cccc(C)c2C)cc(Br)c1O. The van der Waals surface area contributed by atoms with E-state index >= 15 is 0 Å². The monoisotopic (exact) mass is 400 g/mol. The number of aromatic hydroxyl groups is 1. The van der Waals surface area contributed by atoms with E-state index in [-0.39, 0.29) is 17.1 Å². The molecule has 0 aliphatic rings. The molecule has 0 atom stereocenters. The van der Waals surface area contributed by atoms with Crippen LogP contribution in [0.25, 0.3) is 6.08 Å². The number of benzene rings is 2. The first-order valence-electron chi connectivity index (χ1n) is 7.43. The van der Waals surface area contributed by atoms with E-state index in [0.29, 0.717) is 15.7 Å². The Balaban J connectivity index is 2.34. The van der Waals surface area contributed by atoms with Crippen LogP contribution in [-0.2, 0) is 4.79 Å². The number of carbonyl (C=O) groups is 1. The number of rotatable bonds is 4. The summed E-state index contributed by atoms with van der Waals surface area (Å²) in [7, 11) is 1.42. The Labute approximate surface area is 154 Å². The first-order valence-corrected chi connectivity index (χ1v) is 8.22. The highest BCUT2D eigenvalue weighted by atomic mass is 79.9. The molecule has 0 bridgehead atoms. The molecule has 0 radical (unpaired) electrons. The summed E-state index contributed by atoms with van der Waals surface area (Å²) < 4.78 is 5.48. The van der Waals surface area contributed by atoms with Crippen molar-refractivity contribution < 1.29 is 14.6 Å². The summed E-state index contributed by atoms with van der Waals surface area (Å²) in [6.07, 6.45) is 1.44. The molecule has 2 rings (SSSR count). The molecule has 1 amide bonds. The van der Waals surface area contributed by atoms with Crippen molar-refractivity contribution in [3.8, 4) is 17.6 Å². The van der Waals surface area contributed by atoms with Crippen molar-refractivity contribution in [2.24, 2.45) is 0 Å². The van der Waals surface area contributed by atoms with Crippen molar-refractivity contribution in [1.82, 2.24) is 0 Å². The van der Waals surface area contributed by atoms with Gasteiger partial charge < -0.3 is 15.2 Å². The van der Waals surface area contributed by atoms with Gasteiger partial charge in [0.05, 0.1) is 11.6 Å². The summed E-state index contributed by atoms with van der Waals surface area (Å²) in [5.41, 5.74) is 3.15. The van der Waals surface area contributed by atoms with Gasteiger partial charge in [-0.3, -0.25) is 4.79 Å². The zero-order valence-electron chi connectivity index (χ0n) is 14.1. The number of carbonyl (C=O) groups excluding carboxylic acids is 1. The lowest BCUT2D eigenvalue weighted by atomic mass is 10.1. The molecule has 5 nitrogen and oxygen atoms in total. The minimum atomic E-state index is -0.501. The summed E-state index contributed by atoms with van der Waals surface area (Å²) in [6, 6.07) is 10.6. The Morgan fingerprint density at radius 1 is 1.36 bits per heavy atom. The zero-order valence-corrected chi connectivity index (χ0v) is 15.6. The molecule has 0 aromatic heterocycles. The van der Waals surface area contributed by atoms with Crippen LogP contribution in [0.3, 0.4) is 0 Å². The number of halogens is 1.